The van der Waals surface area contributed by atoms with Crippen molar-refractivity contribution in [2.45, 2.75) is 44.6 Å². The first-order valence-electron chi connectivity index (χ1n) is 9.33. The fourth-order valence-corrected chi connectivity index (χ4v) is 3.75. The zero-order valence-electron chi connectivity index (χ0n) is 17.0. The second kappa shape index (κ2) is 6.79. The highest BCUT2D eigenvalue weighted by atomic mass is 16.2. The third-order valence-electron chi connectivity index (χ3n) is 5.57. The average molecular weight is 374 g/mol. The van der Waals surface area contributed by atoms with Crippen LogP contribution in [0.4, 0.5) is 0 Å². The number of amides is 1. The van der Waals surface area contributed by atoms with Crippen LogP contribution in [0.1, 0.15) is 55.9 Å². The van der Waals surface area contributed by atoms with Crippen molar-refractivity contribution in [1.82, 2.24) is 10.2 Å². The first-order valence-corrected chi connectivity index (χ1v) is 9.33. The van der Waals surface area contributed by atoms with Gasteiger partial charge in [-0.1, -0.05) is 57.2 Å². The molecule has 0 aromatic heterocycles. The van der Waals surface area contributed by atoms with E-state index in [2.05, 4.69) is 44.3 Å². The van der Waals surface area contributed by atoms with Crippen LogP contribution in [0, 0.1) is 16.7 Å². The smallest absolute Gasteiger partial charge is 0.239 e. The van der Waals surface area contributed by atoms with E-state index in [0.29, 0.717) is 5.56 Å². The van der Waals surface area contributed by atoms with Crippen molar-refractivity contribution in [3.05, 3.63) is 70.8 Å². The minimum absolute atomic E-state index is 0.0245. The minimum Gasteiger partial charge on any atom is -0.346 e. The Morgan fingerprint density at radius 2 is 1.82 bits per heavy atom. The molecule has 1 fully saturated rings. The summed E-state index contributed by atoms with van der Waals surface area (Å²) < 4.78 is 0. The van der Waals surface area contributed by atoms with Crippen LogP contribution in [-0.4, -0.2) is 23.8 Å². The molecule has 2 atom stereocenters. The second-order valence-corrected chi connectivity index (χ2v) is 8.57. The van der Waals surface area contributed by atoms with Crippen molar-refractivity contribution >= 4 is 11.9 Å². The molecular weight excluding hydrogens is 348 g/mol. The SMILES string of the molecule is CN1C(=N)N[C@](C)(c2cccc(C#N)c2)[C@@H](c2ccc(C(C)(C)C)cc2)C1=O. The summed E-state index contributed by atoms with van der Waals surface area (Å²) in [6, 6.07) is 17.5. The number of benzene rings is 2. The number of hydrogen-bond donors (Lipinski definition) is 2. The van der Waals surface area contributed by atoms with Crippen LogP contribution in [0.5, 0.6) is 0 Å². The molecule has 1 aliphatic heterocycles. The predicted molar refractivity (Wildman–Crippen MR) is 110 cm³/mol. The van der Waals surface area contributed by atoms with Gasteiger partial charge in [0.2, 0.25) is 5.91 Å². The van der Waals surface area contributed by atoms with E-state index in [9.17, 15) is 10.1 Å². The number of carbonyl (C=O) groups is 1. The van der Waals surface area contributed by atoms with E-state index < -0.39 is 11.5 Å². The lowest BCUT2D eigenvalue weighted by molar-refractivity contribution is -0.131. The monoisotopic (exact) mass is 374 g/mol. The molecule has 0 spiro atoms. The number of guanidine groups is 1. The summed E-state index contributed by atoms with van der Waals surface area (Å²) in [7, 11) is 1.61. The zero-order valence-corrected chi connectivity index (χ0v) is 17.0. The van der Waals surface area contributed by atoms with Crippen LogP contribution in [0.15, 0.2) is 48.5 Å². The van der Waals surface area contributed by atoms with Crippen LogP contribution in [0.3, 0.4) is 0 Å². The Balaban J connectivity index is 2.14. The molecule has 144 valence electrons. The van der Waals surface area contributed by atoms with Gasteiger partial charge in [0.15, 0.2) is 5.96 Å². The number of likely N-dealkylation sites (N-methyl/N-ethyl adjacent to an activating group) is 1. The molecule has 0 aliphatic carbocycles. The van der Waals surface area contributed by atoms with Crippen molar-refractivity contribution in [3.8, 4) is 6.07 Å². The van der Waals surface area contributed by atoms with Crippen molar-refractivity contribution in [2.75, 3.05) is 7.05 Å². The highest BCUT2D eigenvalue weighted by Crippen LogP contribution is 2.41. The number of nitrogens with one attached hydrogen (secondary N) is 2. The molecule has 1 aliphatic rings. The lowest BCUT2D eigenvalue weighted by atomic mass is 9.73. The van der Waals surface area contributed by atoms with Gasteiger partial charge in [-0.25, -0.2) is 0 Å². The molecule has 1 saturated heterocycles. The van der Waals surface area contributed by atoms with E-state index >= 15 is 0 Å². The third-order valence-corrected chi connectivity index (χ3v) is 5.57. The molecule has 5 nitrogen and oxygen atoms in total. The minimum atomic E-state index is -0.837. The summed E-state index contributed by atoms with van der Waals surface area (Å²) in [6.07, 6.45) is 0. The largest absolute Gasteiger partial charge is 0.346 e. The van der Waals surface area contributed by atoms with E-state index in [-0.39, 0.29) is 17.3 Å². The van der Waals surface area contributed by atoms with E-state index in [1.165, 1.54) is 10.5 Å². The molecule has 0 bridgehead atoms. The first kappa shape index (κ1) is 19.6. The Morgan fingerprint density at radius 1 is 1.18 bits per heavy atom. The van der Waals surface area contributed by atoms with Gasteiger partial charge >= 0.3 is 0 Å². The van der Waals surface area contributed by atoms with Gasteiger partial charge in [-0.3, -0.25) is 15.1 Å². The molecule has 0 saturated carbocycles. The van der Waals surface area contributed by atoms with Crippen molar-refractivity contribution in [3.63, 3.8) is 0 Å². The van der Waals surface area contributed by atoms with Crippen LogP contribution in [-0.2, 0) is 15.7 Å². The van der Waals surface area contributed by atoms with Crippen LogP contribution in [0.25, 0.3) is 0 Å². The maximum absolute atomic E-state index is 13.2. The first-order chi connectivity index (χ1) is 13.1. The van der Waals surface area contributed by atoms with Gasteiger partial charge < -0.3 is 5.32 Å². The van der Waals surface area contributed by atoms with Crippen molar-refractivity contribution in [2.24, 2.45) is 0 Å². The standard InChI is InChI=1S/C23H26N4O/c1-22(2,3)17-11-9-16(10-12-17)19-20(28)27(5)21(25)26-23(19,4)18-8-6-7-15(13-18)14-24/h6-13,19H,1-5H3,(H2,25,26)/t19-,23+/m0/s1. The molecule has 5 heteroatoms. The van der Waals surface area contributed by atoms with Gasteiger partial charge in [0, 0.05) is 7.05 Å². The maximum atomic E-state index is 13.2. The lowest BCUT2D eigenvalue weighted by Gasteiger charge is -2.46. The molecule has 28 heavy (non-hydrogen) atoms. The molecule has 2 N–H and O–H groups in total. The topological polar surface area (TPSA) is 80.0 Å². The highest BCUT2D eigenvalue weighted by molar-refractivity contribution is 6.02. The molecule has 1 amide bonds. The molecule has 2 aromatic rings. The predicted octanol–water partition coefficient (Wildman–Crippen LogP) is 3.85. The summed E-state index contributed by atoms with van der Waals surface area (Å²) >= 11 is 0. The number of nitrogens with zero attached hydrogens (tertiary/aromatic N) is 2. The Labute approximate surface area is 166 Å². The van der Waals surface area contributed by atoms with Crippen LogP contribution < -0.4 is 5.32 Å². The number of nitriles is 1. The second-order valence-electron chi connectivity index (χ2n) is 8.57. The summed E-state index contributed by atoms with van der Waals surface area (Å²) in [6.45, 7) is 8.39. The number of rotatable bonds is 2. The molecule has 0 unspecified atom stereocenters. The highest BCUT2D eigenvalue weighted by Gasteiger charge is 2.48. The van der Waals surface area contributed by atoms with E-state index in [1.807, 2.05) is 31.2 Å². The Hall–Kier alpha value is -3.13. The molecule has 0 radical (unpaired) electrons. The Morgan fingerprint density at radius 3 is 2.39 bits per heavy atom. The van der Waals surface area contributed by atoms with Gasteiger partial charge in [0.25, 0.3) is 0 Å². The Bertz CT molecular complexity index is 965. The van der Waals surface area contributed by atoms with Gasteiger partial charge in [-0.15, -0.1) is 0 Å². The van der Waals surface area contributed by atoms with E-state index in [4.69, 9.17) is 5.41 Å². The van der Waals surface area contributed by atoms with Gasteiger partial charge in [-0.05, 0) is 41.2 Å². The van der Waals surface area contributed by atoms with Crippen molar-refractivity contribution in [1.29, 1.82) is 10.7 Å². The maximum Gasteiger partial charge on any atom is 0.239 e. The molecular formula is C23H26N4O. The van der Waals surface area contributed by atoms with Crippen LogP contribution in [0.2, 0.25) is 0 Å². The number of hydrogen-bond acceptors (Lipinski definition) is 3. The molecule has 3 rings (SSSR count). The van der Waals surface area contributed by atoms with Crippen molar-refractivity contribution < 1.29 is 4.79 Å². The summed E-state index contributed by atoms with van der Waals surface area (Å²) in [5, 5.41) is 20.7. The third kappa shape index (κ3) is 3.27. The lowest BCUT2D eigenvalue weighted by Crippen LogP contribution is -2.62. The summed E-state index contributed by atoms with van der Waals surface area (Å²) in [5.41, 5.74) is 2.60. The van der Waals surface area contributed by atoms with E-state index in [0.717, 1.165) is 11.1 Å². The quantitative estimate of drug-likeness (QED) is 0.838. The molecule has 1 heterocycles. The fraction of sp³-hybridized carbons (Fsp3) is 0.348. The molecule has 2 aromatic carbocycles. The number of carbonyl (C=O) groups excluding carboxylic acids is 1. The van der Waals surface area contributed by atoms with Gasteiger partial charge in [0.05, 0.1) is 23.1 Å². The normalized spacial score (nSPS) is 22.6. The Kier molecular flexibility index (Phi) is 4.76. The zero-order chi connectivity index (χ0) is 20.7. The van der Waals surface area contributed by atoms with E-state index in [1.54, 1.807) is 19.2 Å². The fourth-order valence-electron chi connectivity index (χ4n) is 3.75. The summed E-state index contributed by atoms with van der Waals surface area (Å²) in [5.74, 6) is -0.607. The van der Waals surface area contributed by atoms with Crippen LogP contribution >= 0.6 is 0 Å². The van der Waals surface area contributed by atoms with Gasteiger partial charge in [0.1, 0.15) is 0 Å². The van der Waals surface area contributed by atoms with Gasteiger partial charge in [-0.2, -0.15) is 5.26 Å². The average Bonchev–Trinajstić information content (AvgIpc) is 2.66. The summed E-state index contributed by atoms with van der Waals surface area (Å²) in [4.78, 5) is 14.6.